The van der Waals surface area contributed by atoms with E-state index < -0.39 is 16.1 Å². The lowest BCUT2D eigenvalue weighted by Gasteiger charge is -2.20. The Morgan fingerprint density at radius 2 is 1.90 bits per heavy atom. The number of nitrogens with two attached hydrogens (primary N) is 1. The van der Waals surface area contributed by atoms with Crippen LogP contribution >= 0.6 is 12.4 Å². The van der Waals surface area contributed by atoms with E-state index in [1.807, 2.05) is 6.92 Å². The Morgan fingerprint density at radius 1 is 1.29 bits per heavy atom. The molecule has 21 heavy (non-hydrogen) atoms. The molecule has 0 aromatic rings. The summed E-state index contributed by atoms with van der Waals surface area (Å²) in [4.78, 5) is 13.7. The number of nitrogens with zero attached hydrogens (tertiary/aromatic N) is 1. The zero-order valence-corrected chi connectivity index (χ0v) is 14.3. The Morgan fingerprint density at radius 3 is 2.48 bits per heavy atom. The lowest BCUT2D eigenvalue weighted by Crippen LogP contribution is -2.42. The number of carbonyl (C=O) groups is 1. The molecule has 3 N–H and O–H groups in total. The van der Waals surface area contributed by atoms with Crippen LogP contribution in [-0.4, -0.2) is 50.7 Å². The summed E-state index contributed by atoms with van der Waals surface area (Å²) in [6, 6.07) is -0.506. The van der Waals surface area contributed by atoms with Crippen LogP contribution < -0.4 is 10.5 Å². The van der Waals surface area contributed by atoms with Gasteiger partial charge in [0, 0.05) is 19.6 Å². The molecule has 1 amide bonds. The summed E-state index contributed by atoms with van der Waals surface area (Å²) in [6.45, 7) is 3.91. The molecule has 126 valence electrons. The number of likely N-dealkylation sites (tertiary alicyclic amines) is 1. The molecule has 0 aromatic heterocycles. The SMILES string of the molecule is CCCCS(=O)(=O)NCCCC(N)C(=O)N1CCCC1.Cl. The van der Waals surface area contributed by atoms with Crippen LogP contribution in [-0.2, 0) is 14.8 Å². The van der Waals surface area contributed by atoms with Gasteiger partial charge in [0.15, 0.2) is 0 Å². The highest BCUT2D eigenvalue weighted by molar-refractivity contribution is 7.89. The van der Waals surface area contributed by atoms with Gasteiger partial charge in [-0.05, 0) is 32.1 Å². The molecule has 1 fully saturated rings. The predicted octanol–water partition coefficient (Wildman–Crippen LogP) is 0.858. The van der Waals surface area contributed by atoms with E-state index in [1.54, 1.807) is 4.90 Å². The summed E-state index contributed by atoms with van der Waals surface area (Å²) in [5.74, 6) is 0.166. The van der Waals surface area contributed by atoms with Crippen molar-refractivity contribution in [2.75, 3.05) is 25.4 Å². The van der Waals surface area contributed by atoms with Gasteiger partial charge in [-0.25, -0.2) is 13.1 Å². The number of hydrogen-bond donors (Lipinski definition) is 2. The van der Waals surface area contributed by atoms with Crippen molar-refractivity contribution in [3.8, 4) is 0 Å². The fourth-order valence-electron chi connectivity index (χ4n) is 2.25. The van der Waals surface area contributed by atoms with Crippen molar-refractivity contribution in [3.63, 3.8) is 0 Å². The average molecular weight is 342 g/mol. The smallest absolute Gasteiger partial charge is 0.239 e. The Balaban J connectivity index is 0.00000400. The van der Waals surface area contributed by atoms with Gasteiger partial charge >= 0.3 is 0 Å². The van der Waals surface area contributed by atoms with E-state index >= 15 is 0 Å². The molecule has 1 heterocycles. The van der Waals surface area contributed by atoms with Crippen LogP contribution in [0.15, 0.2) is 0 Å². The minimum Gasteiger partial charge on any atom is -0.341 e. The van der Waals surface area contributed by atoms with E-state index in [-0.39, 0.29) is 24.1 Å². The molecule has 0 saturated carbocycles. The molecule has 0 aliphatic carbocycles. The maximum atomic E-state index is 11.9. The second-order valence-corrected chi connectivity index (χ2v) is 7.27. The lowest BCUT2D eigenvalue weighted by atomic mass is 10.1. The number of sulfonamides is 1. The normalized spacial score (nSPS) is 16.6. The topological polar surface area (TPSA) is 92.5 Å². The molecule has 0 spiro atoms. The number of hydrogen-bond acceptors (Lipinski definition) is 4. The van der Waals surface area contributed by atoms with Gasteiger partial charge in [0.1, 0.15) is 0 Å². The van der Waals surface area contributed by atoms with Crippen LogP contribution in [0.1, 0.15) is 45.4 Å². The number of nitrogens with one attached hydrogen (secondary N) is 1. The average Bonchev–Trinajstić information content (AvgIpc) is 2.94. The molecular formula is C13H28ClN3O3S. The first-order valence-corrected chi connectivity index (χ1v) is 9.13. The Bertz CT molecular complexity index is 397. The van der Waals surface area contributed by atoms with Crippen LogP contribution in [0, 0.1) is 0 Å². The lowest BCUT2D eigenvalue weighted by molar-refractivity contribution is -0.131. The number of unbranched alkanes of at least 4 members (excludes halogenated alkanes) is 1. The first-order chi connectivity index (χ1) is 9.46. The summed E-state index contributed by atoms with van der Waals surface area (Å²) in [7, 11) is -3.16. The Kier molecular flexibility index (Phi) is 10.2. The molecule has 1 unspecified atom stereocenters. The first kappa shape index (κ1) is 20.6. The van der Waals surface area contributed by atoms with E-state index in [0.717, 1.165) is 32.4 Å². The van der Waals surface area contributed by atoms with Crippen molar-refractivity contribution < 1.29 is 13.2 Å². The Labute approximate surface area is 134 Å². The molecule has 0 radical (unpaired) electrons. The number of amides is 1. The maximum Gasteiger partial charge on any atom is 0.239 e. The molecule has 0 aromatic carbocycles. The van der Waals surface area contributed by atoms with Gasteiger partial charge in [0.2, 0.25) is 15.9 Å². The fourth-order valence-corrected chi connectivity index (χ4v) is 3.52. The van der Waals surface area contributed by atoms with Crippen molar-refractivity contribution in [1.82, 2.24) is 9.62 Å². The first-order valence-electron chi connectivity index (χ1n) is 7.48. The van der Waals surface area contributed by atoms with Gasteiger partial charge in [0.25, 0.3) is 0 Å². The fraction of sp³-hybridized carbons (Fsp3) is 0.923. The van der Waals surface area contributed by atoms with Gasteiger partial charge in [-0.1, -0.05) is 13.3 Å². The summed E-state index contributed by atoms with van der Waals surface area (Å²) in [5, 5.41) is 0. The molecule has 6 nitrogen and oxygen atoms in total. The van der Waals surface area contributed by atoms with Gasteiger partial charge in [-0.3, -0.25) is 4.79 Å². The third-order valence-corrected chi connectivity index (χ3v) is 4.99. The number of halogens is 1. The molecule has 1 saturated heterocycles. The Hall–Kier alpha value is -0.370. The van der Waals surface area contributed by atoms with Gasteiger partial charge in [-0.15, -0.1) is 12.4 Å². The van der Waals surface area contributed by atoms with E-state index in [9.17, 15) is 13.2 Å². The van der Waals surface area contributed by atoms with E-state index in [4.69, 9.17) is 5.73 Å². The maximum absolute atomic E-state index is 11.9. The molecule has 1 rings (SSSR count). The van der Waals surface area contributed by atoms with Crippen LogP contribution in [0.2, 0.25) is 0 Å². The van der Waals surface area contributed by atoms with Crippen molar-refractivity contribution in [2.45, 2.75) is 51.5 Å². The highest BCUT2D eigenvalue weighted by Crippen LogP contribution is 2.10. The van der Waals surface area contributed by atoms with Crippen LogP contribution in [0.5, 0.6) is 0 Å². The van der Waals surface area contributed by atoms with Crippen LogP contribution in [0.25, 0.3) is 0 Å². The monoisotopic (exact) mass is 341 g/mol. The standard InChI is InChI=1S/C13H27N3O3S.ClH/c1-2-3-11-20(18,19)15-8-6-7-12(14)13(17)16-9-4-5-10-16;/h12,15H,2-11,14H2,1H3;1H. The molecule has 0 bridgehead atoms. The van der Waals surface area contributed by atoms with Crippen molar-refractivity contribution in [3.05, 3.63) is 0 Å². The summed E-state index contributed by atoms with van der Waals surface area (Å²) in [6.07, 6.45) is 4.74. The van der Waals surface area contributed by atoms with Gasteiger partial charge < -0.3 is 10.6 Å². The zero-order valence-electron chi connectivity index (χ0n) is 12.7. The van der Waals surface area contributed by atoms with E-state index in [1.165, 1.54) is 0 Å². The van der Waals surface area contributed by atoms with Crippen molar-refractivity contribution >= 4 is 28.3 Å². The third-order valence-electron chi connectivity index (χ3n) is 3.52. The third kappa shape index (κ3) is 7.99. The highest BCUT2D eigenvalue weighted by Gasteiger charge is 2.23. The molecule has 8 heteroatoms. The quantitative estimate of drug-likeness (QED) is 0.608. The van der Waals surface area contributed by atoms with Gasteiger partial charge in [0.05, 0.1) is 11.8 Å². The molecule has 1 aliphatic rings. The van der Waals surface area contributed by atoms with E-state index in [0.29, 0.717) is 25.8 Å². The minimum absolute atomic E-state index is 0. The van der Waals surface area contributed by atoms with Crippen LogP contribution in [0.4, 0.5) is 0 Å². The second-order valence-electron chi connectivity index (χ2n) is 5.35. The largest absolute Gasteiger partial charge is 0.341 e. The zero-order chi connectivity index (χ0) is 15.0. The summed E-state index contributed by atoms with van der Waals surface area (Å²) < 4.78 is 25.7. The predicted molar refractivity (Wildman–Crippen MR) is 87.0 cm³/mol. The molecular weight excluding hydrogens is 314 g/mol. The summed E-state index contributed by atoms with van der Waals surface area (Å²) >= 11 is 0. The summed E-state index contributed by atoms with van der Waals surface area (Å²) in [5.41, 5.74) is 5.86. The highest BCUT2D eigenvalue weighted by atomic mass is 35.5. The number of carbonyl (C=O) groups excluding carboxylic acids is 1. The minimum atomic E-state index is -3.16. The van der Waals surface area contributed by atoms with Crippen molar-refractivity contribution in [2.24, 2.45) is 5.73 Å². The van der Waals surface area contributed by atoms with Crippen molar-refractivity contribution in [1.29, 1.82) is 0 Å². The second kappa shape index (κ2) is 10.4. The number of rotatable bonds is 9. The van der Waals surface area contributed by atoms with Crippen LogP contribution in [0.3, 0.4) is 0 Å². The van der Waals surface area contributed by atoms with E-state index in [2.05, 4.69) is 4.72 Å². The molecule has 1 atom stereocenters. The van der Waals surface area contributed by atoms with Gasteiger partial charge in [-0.2, -0.15) is 0 Å². The molecule has 1 aliphatic heterocycles.